The number of ether oxygens (including phenoxy) is 1. The predicted octanol–water partition coefficient (Wildman–Crippen LogP) is 2.44. The molecule has 0 aliphatic heterocycles. The summed E-state index contributed by atoms with van der Waals surface area (Å²) in [7, 11) is 1.64. The molecule has 0 aliphatic carbocycles. The fourth-order valence-electron chi connectivity index (χ4n) is 2.41. The van der Waals surface area contributed by atoms with E-state index >= 15 is 0 Å². The fourth-order valence-corrected chi connectivity index (χ4v) is 3.12. The second-order valence-electron chi connectivity index (χ2n) is 5.35. The molecule has 0 fully saturated rings. The number of benzene rings is 2. The Morgan fingerprint density at radius 1 is 1.12 bits per heavy atom. The van der Waals surface area contributed by atoms with Crippen molar-refractivity contribution >= 4 is 17.7 Å². The summed E-state index contributed by atoms with van der Waals surface area (Å²) in [5, 5.41) is 9.20. The highest BCUT2D eigenvalue weighted by Gasteiger charge is 2.15. The van der Waals surface area contributed by atoms with Gasteiger partial charge in [-0.1, -0.05) is 42.1 Å². The zero-order valence-electron chi connectivity index (χ0n) is 13.8. The second-order valence-corrected chi connectivity index (χ2v) is 6.29. The molecule has 0 spiro atoms. The van der Waals surface area contributed by atoms with Crippen LogP contribution in [0, 0.1) is 0 Å². The Morgan fingerprint density at radius 3 is 2.48 bits per heavy atom. The zero-order chi connectivity index (χ0) is 17.6. The van der Waals surface area contributed by atoms with Crippen molar-refractivity contribution in [1.29, 1.82) is 0 Å². The maximum atomic E-state index is 11.1. The number of nitrogens with zero attached hydrogens (tertiary/aromatic N) is 3. The molecule has 0 aliphatic rings. The summed E-state index contributed by atoms with van der Waals surface area (Å²) in [5.41, 5.74) is 7.30. The van der Waals surface area contributed by atoms with Crippen molar-refractivity contribution in [2.24, 2.45) is 5.73 Å². The Balaban J connectivity index is 1.93. The highest BCUT2D eigenvalue weighted by Crippen LogP contribution is 2.23. The number of hydrogen-bond acceptors (Lipinski definition) is 5. The lowest BCUT2D eigenvalue weighted by Crippen LogP contribution is -2.14. The zero-order valence-corrected chi connectivity index (χ0v) is 14.6. The van der Waals surface area contributed by atoms with Gasteiger partial charge in [0.1, 0.15) is 11.6 Å². The Labute approximate surface area is 150 Å². The van der Waals surface area contributed by atoms with E-state index in [1.165, 1.54) is 11.8 Å². The van der Waals surface area contributed by atoms with Gasteiger partial charge in [0.2, 0.25) is 5.91 Å². The minimum absolute atomic E-state index is 0.160. The molecule has 3 aromatic rings. The summed E-state index contributed by atoms with van der Waals surface area (Å²) >= 11 is 1.28. The lowest BCUT2D eigenvalue weighted by molar-refractivity contribution is -0.115. The minimum Gasteiger partial charge on any atom is -0.497 e. The number of amides is 1. The molecular formula is C18H18N4O2S. The first-order valence-electron chi connectivity index (χ1n) is 7.71. The first kappa shape index (κ1) is 17.0. The van der Waals surface area contributed by atoms with Crippen molar-refractivity contribution in [2.75, 3.05) is 12.9 Å². The van der Waals surface area contributed by atoms with Gasteiger partial charge in [-0.05, 0) is 29.8 Å². The number of rotatable bonds is 7. The molecule has 0 saturated heterocycles. The third-order valence-corrected chi connectivity index (χ3v) is 4.53. The largest absolute Gasteiger partial charge is 0.497 e. The van der Waals surface area contributed by atoms with E-state index in [2.05, 4.69) is 10.2 Å². The van der Waals surface area contributed by atoms with Crippen molar-refractivity contribution in [3.8, 4) is 11.4 Å². The number of carbonyl (C=O) groups excluding carboxylic acids is 1. The molecular weight excluding hydrogens is 336 g/mol. The van der Waals surface area contributed by atoms with E-state index in [1.807, 2.05) is 59.2 Å². The highest BCUT2D eigenvalue weighted by molar-refractivity contribution is 7.99. The molecule has 2 N–H and O–H groups in total. The van der Waals surface area contributed by atoms with Crippen LogP contribution in [0.25, 0.3) is 5.69 Å². The molecule has 1 heterocycles. The number of aromatic nitrogens is 3. The number of methoxy groups -OCH3 is 1. The van der Waals surface area contributed by atoms with Gasteiger partial charge in [-0.15, -0.1) is 10.2 Å². The Morgan fingerprint density at radius 2 is 1.84 bits per heavy atom. The molecule has 3 rings (SSSR count). The minimum atomic E-state index is -0.385. The van der Waals surface area contributed by atoms with Crippen LogP contribution in [-0.2, 0) is 11.2 Å². The molecule has 7 heteroatoms. The van der Waals surface area contributed by atoms with Crippen molar-refractivity contribution in [3.05, 3.63) is 66.0 Å². The maximum Gasteiger partial charge on any atom is 0.227 e. The quantitative estimate of drug-likeness (QED) is 0.659. The number of nitrogens with two attached hydrogens (primary N) is 1. The topological polar surface area (TPSA) is 83.0 Å². The van der Waals surface area contributed by atoms with Gasteiger partial charge in [-0.3, -0.25) is 9.36 Å². The first-order valence-corrected chi connectivity index (χ1v) is 8.69. The van der Waals surface area contributed by atoms with Gasteiger partial charge in [-0.2, -0.15) is 0 Å². The van der Waals surface area contributed by atoms with E-state index in [4.69, 9.17) is 10.5 Å². The Bertz CT molecular complexity index is 847. The van der Waals surface area contributed by atoms with Crippen LogP contribution in [0.3, 0.4) is 0 Å². The monoisotopic (exact) mass is 354 g/mol. The highest BCUT2D eigenvalue weighted by atomic mass is 32.2. The van der Waals surface area contributed by atoms with Crippen molar-refractivity contribution in [3.63, 3.8) is 0 Å². The van der Waals surface area contributed by atoms with E-state index in [9.17, 15) is 4.79 Å². The summed E-state index contributed by atoms with van der Waals surface area (Å²) in [5.74, 6) is 1.38. The van der Waals surface area contributed by atoms with E-state index in [0.29, 0.717) is 11.6 Å². The standard InChI is InChI=1S/C18H18N4O2S/c1-24-15-9-7-13(8-10-15)11-17-20-21-18(25-12-16(19)23)22(17)14-5-3-2-4-6-14/h2-10H,11-12H2,1H3,(H2,19,23). The van der Waals surface area contributed by atoms with Crippen molar-refractivity contribution in [1.82, 2.24) is 14.8 Å². The average molecular weight is 354 g/mol. The number of thioether (sulfide) groups is 1. The SMILES string of the molecule is COc1ccc(Cc2nnc(SCC(N)=O)n2-c2ccccc2)cc1. The molecule has 6 nitrogen and oxygen atoms in total. The van der Waals surface area contributed by atoms with Crippen LogP contribution < -0.4 is 10.5 Å². The predicted molar refractivity (Wildman–Crippen MR) is 97.1 cm³/mol. The summed E-state index contributed by atoms with van der Waals surface area (Å²) in [4.78, 5) is 11.1. The molecule has 0 atom stereocenters. The van der Waals surface area contributed by atoms with Gasteiger partial charge in [0.15, 0.2) is 5.16 Å². The molecule has 0 saturated carbocycles. The third kappa shape index (κ3) is 4.19. The van der Waals surface area contributed by atoms with E-state index in [-0.39, 0.29) is 11.7 Å². The third-order valence-electron chi connectivity index (χ3n) is 3.58. The summed E-state index contributed by atoms with van der Waals surface area (Å²) in [6.45, 7) is 0. The van der Waals surface area contributed by atoms with Crippen LogP contribution >= 0.6 is 11.8 Å². The Hall–Kier alpha value is -2.80. The molecule has 0 radical (unpaired) electrons. The molecule has 1 amide bonds. The van der Waals surface area contributed by atoms with Gasteiger partial charge in [-0.25, -0.2) is 0 Å². The summed E-state index contributed by atoms with van der Waals surface area (Å²) in [6, 6.07) is 17.7. The summed E-state index contributed by atoms with van der Waals surface area (Å²) in [6.07, 6.45) is 0.614. The molecule has 1 aromatic heterocycles. The van der Waals surface area contributed by atoms with Gasteiger partial charge >= 0.3 is 0 Å². The van der Waals surface area contributed by atoms with Gasteiger partial charge < -0.3 is 10.5 Å². The van der Waals surface area contributed by atoms with E-state index in [1.54, 1.807) is 7.11 Å². The maximum absolute atomic E-state index is 11.1. The Kier molecular flexibility index (Phi) is 5.35. The van der Waals surface area contributed by atoms with Gasteiger partial charge in [0.25, 0.3) is 0 Å². The second kappa shape index (κ2) is 7.85. The van der Waals surface area contributed by atoms with Crippen LogP contribution in [0.1, 0.15) is 11.4 Å². The first-order chi connectivity index (χ1) is 12.2. The smallest absolute Gasteiger partial charge is 0.227 e. The van der Waals surface area contributed by atoms with E-state index < -0.39 is 0 Å². The van der Waals surface area contributed by atoms with Gasteiger partial charge in [0.05, 0.1) is 12.9 Å². The van der Waals surface area contributed by atoms with Crippen LogP contribution in [-0.4, -0.2) is 33.5 Å². The molecule has 0 bridgehead atoms. The lowest BCUT2D eigenvalue weighted by atomic mass is 10.1. The lowest BCUT2D eigenvalue weighted by Gasteiger charge is -2.10. The van der Waals surface area contributed by atoms with Gasteiger partial charge in [0, 0.05) is 12.1 Å². The number of carbonyl (C=O) groups is 1. The fraction of sp³-hybridized carbons (Fsp3) is 0.167. The average Bonchev–Trinajstić information content (AvgIpc) is 3.04. The number of para-hydroxylation sites is 1. The van der Waals surface area contributed by atoms with Crippen LogP contribution in [0.4, 0.5) is 0 Å². The summed E-state index contributed by atoms with van der Waals surface area (Å²) < 4.78 is 7.15. The molecule has 0 unspecified atom stereocenters. The van der Waals surface area contributed by atoms with Crippen LogP contribution in [0.15, 0.2) is 59.8 Å². The van der Waals surface area contributed by atoms with Crippen LogP contribution in [0.2, 0.25) is 0 Å². The van der Waals surface area contributed by atoms with Crippen molar-refractivity contribution in [2.45, 2.75) is 11.6 Å². The van der Waals surface area contributed by atoms with Crippen molar-refractivity contribution < 1.29 is 9.53 Å². The molecule has 2 aromatic carbocycles. The molecule has 128 valence electrons. The normalized spacial score (nSPS) is 10.6. The number of primary amides is 1. The van der Waals surface area contributed by atoms with Crippen LogP contribution in [0.5, 0.6) is 5.75 Å². The molecule has 25 heavy (non-hydrogen) atoms. The van der Waals surface area contributed by atoms with E-state index in [0.717, 1.165) is 22.8 Å². The number of hydrogen-bond donors (Lipinski definition) is 1.